The van der Waals surface area contributed by atoms with Gasteiger partial charge >= 0.3 is 0 Å². The summed E-state index contributed by atoms with van der Waals surface area (Å²) in [6, 6.07) is 14.1. The highest BCUT2D eigenvalue weighted by Gasteiger charge is 2.08. The van der Waals surface area contributed by atoms with Crippen LogP contribution < -0.4 is 10.5 Å². The van der Waals surface area contributed by atoms with Gasteiger partial charge in [0, 0.05) is 0 Å². The molecule has 0 aliphatic rings. The molecule has 0 aliphatic heterocycles. The van der Waals surface area contributed by atoms with Gasteiger partial charge in [-0.3, -0.25) is 0 Å². The van der Waals surface area contributed by atoms with Crippen LogP contribution in [-0.4, -0.2) is 12.1 Å². The third-order valence-electron chi connectivity index (χ3n) is 3.07. The molecular weight excluding hydrogens is 240 g/mol. The number of anilines is 1. The highest BCUT2D eigenvalue weighted by Crippen LogP contribution is 2.23. The molecule has 2 N–H and O–H groups in total. The van der Waals surface area contributed by atoms with Gasteiger partial charge < -0.3 is 14.9 Å². The summed E-state index contributed by atoms with van der Waals surface area (Å²) in [7, 11) is 1.66. The maximum Gasteiger partial charge on any atom is 0.292 e. The van der Waals surface area contributed by atoms with E-state index in [2.05, 4.69) is 4.98 Å². The standard InChI is InChI=1S/C15H14N2O2/c1-18-12-7-5-10(6-8-12)9-11-3-2-4-13-14(11)17-15(16)19-13/h2-8H,9H2,1H3,(H2,16,17). The Morgan fingerprint density at radius 3 is 2.68 bits per heavy atom. The number of hydrogen-bond donors (Lipinski definition) is 1. The van der Waals surface area contributed by atoms with Crippen LogP contribution in [0.2, 0.25) is 0 Å². The molecule has 3 rings (SSSR count). The summed E-state index contributed by atoms with van der Waals surface area (Å²) in [4.78, 5) is 4.23. The minimum absolute atomic E-state index is 0.206. The topological polar surface area (TPSA) is 61.3 Å². The predicted octanol–water partition coefficient (Wildman–Crippen LogP) is 3.01. The van der Waals surface area contributed by atoms with Gasteiger partial charge in [0.25, 0.3) is 6.01 Å². The number of rotatable bonds is 3. The Balaban J connectivity index is 1.95. The molecular formula is C15H14N2O2. The Morgan fingerprint density at radius 2 is 1.95 bits per heavy atom. The molecule has 4 heteroatoms. The molecule has 4 nitrogen and oxygen atoms in total. The van der Waals surface area contributed by atoms with Gasteiger partial charge in [-0.05, 0) is 35.7 Å². The zero-order valence-electron chi connectivity index (χ0n) is 10.6. The van der Waals surface area contributed by atoms with E-state index in [1.54, 1.807) is 7.11 Å². The van der Waals surface area contributed by atoms with E-state index in [0.29, 0.717) is 0 Å². The summed E-state index contributed by atoms with van der Waals surface area (Å²) in [5.74, 6) is 0.854. The fourth-order valence-electron chi connectivity index (χ4n) is 2.13. The number of ether oxygens (including phenoxy) is 1. The summed E-state index contributed by atoms with van der Waals surface area (Å²) in [5.41, 5.74) is 9.44. The van der Waals surface area contributed by atoms with E-state index in [0.717, 1.165) is 28.8 Å². The Labute approximate surface area is 110 Å². The van der Waals surface area contributed by atoms with Gasteiger partial charge in [0.15, 0.2) is 5.58 Å². The molecule has 3 aromatic rings. The first-order valence-electron chi connectivity index (χ1n) is 6.03. The van der Waals surface area contributed by atoms with Gasteiger partial charge in [0.1, 0.15) is 11.3 Å². The smallest absolute Gasteiger partial charge is 0.292 e. The van der Waals surface area contributed by atoms with Gasteiger partial charge in [0.05, 0.1) is 7.11 Å². The molecule has 0 saturated carbocycles. The maximum absolute atomic E-state index is 5.60. The van der Waals surface area contributed by atoms with Crippen LogP contribution in [0.4, 0.5) is 6.01 Å². The summed E-state index contributed by atoms with van der Waals surface area (Å²) in [6.07, 6.45) is 0.785. The lowest BCUT2D eigenvalue weighted by Crippen LogP contribution is -1.91. The number of aromatic nitrogens is 1. The number of nitrogens with two attached hydrogens (primary N) is 1. The van der Waals surface area contributed by atoms with Gasteiger partial charge in [-0.25, -0.2) is 0 Å². The number of para-hydroxylation sites is 1. The maximum atomic E-state index is 5.60. The highest BCUT2D eigenvalue weighted by atomic mass is 16.5. The van der Waals surface area contributed by atoms with Crippen molar-refractivity contribution in [1.29, 1.82) is 0 Å². The lowest BCUT2D eigenvalue weighted by atomic mass is 10.0. The largest absolute Gasteiger partial charge is 0.497 e. The first-order chi connectivity index (χ1) is 9.26. The van der Waals surface area contributed by atoms with Crippen molar-refractivity contribution in [2.45, 2.75) is 6.42 Å². The number of benzene rings is 2. The highest BCUT2D eigenvalue weighted by molar-refractivity contribution is 5.78. The Morgan fingerprint density at radius 1 is 1.16 bits per heavy atom. The van der Waals surface area contributed by atoms with Crippen LogP contribution in [0.1, 0.15) is 11.1 Å². The molecule has 0 unspecified atom stereocenters. The van der Waals surface area contributed by atoms with E-state index < -0.39 is 0 Å². The van der Waals surface area contributed by atoms with Crippen molar-refractivity contribution in [2.75, 3.05) is 12.8 Å². The lowest BCUT2D eigenvalue weighted by molar-refractivity contribution is 0.414. The van der Waals surface area contributed by atoms with Crippen molar-refractivity contribution >= 4 is 17.1 Å². The van der Waals surface area contributed by atoms with Crippen LogP contribution in [0.3, 0.4) is 0 Å². The van der Waals surface area contributed by atoms with E-state index in [4.69, 9.17) is 14.9 Å². The summed E-state index contributed by atoms with van der Waals surface area (Å²) in [6.45, 7) is 0. The summed E-state index contributed by atoms with van der Waals surface area (Å²) in [5, 5.41) is 0. The predicted molar refractivity (Wildman–Crippen MR) is 74.2 cm³/mol. The van der Waals surface area contributed by atoms with Crippen LogP contribution in [-0.2, 0) is 6.42 Å². The van der Waals surface area contributed by atoms with Crippen LogP contribution in [0.5, 0.6) is 5.75 Å². The zero-order chi connectivity index (χ0) is 13.2. The quantitative estimate of drug-likeness (QED) is 0.780. The second-order valence-electron chi connectivity index (χ2n) is 4.34. The summed E-state index contributed by atoms with van der Waals surface area (Å²) >= 11 is 0. The molecule has 0 amide bonds. The zero-order valence-corrected chi connectivity index (χ0v) is 10.6. The Kier molecular flexibility index (Phi) is 2.83. The fraction of sp³-hybridized carbons (Fsp3) is 0.133. The molecule has 19 heavy (non-hydrogen) atoms. The first kappa shape index (κ1) is 11.6. The Hall–Kier alpha value is -2.49. The number of nitrogens with zero attached hydrogens (tertiary/aromatic N) is 1. The second-order valence-corrected chi connectivity index (χ2v) is 4.34. The van der Waals surface area contributed by atoms with Gasteiger partial charge in [-0.15, -0.1) is 0 Å². The minimum Gasteiger partial charge on any atom is -0.497 e. The SMILES string of the molecule is COc1ccc(Cc2cccc3oc(N)nc23)cc1. The Bertz CT molecular complexity index is 702. The number of hydrogen-bond acceptors (Lipinski definition) is 4. The molecule has 2 aromatic carbocycles. The fourth-order valence-corrected chi connectivity index (χ4v) is 2.13. The molecule has 0 aliphatic carbocycles. The monoisotopic (exact) mass is 254 g/mol. The van der Waals surface area contributed by atoms with Crippen molar-refractivity contribution in [3.05, 3.63) is 53.6 Å². The number of nitrogen functional groups attached to an aromatic ring is 1. The van der Waals surface area contributed by atoms with Crippen molar-refractivity contribution in [1.82, 2.24) is 4.98 Å². The van der Waals surface area contributed by atoms with Crippen molar-refractivity contribution < 1.29 is 9.15 Å². The third kappa shape index (κ3) is 2.25. The molecule has 0 bridgehead atoms. The number of fused-ring (bicyclic) bond motifs is 1. The average molecular weight is 254 g/mol. The first-order valence-corrected chi connectivity index (χ1v) is 6.03. The molecule has 0 saturated heterocycles. The molecule has 1 aromatic heterocycles. The molecule has 0 radical (unpaired) electrons. The molecule has 0 atom stereocenters. The molecule has 1 heterocycles. The molecule has 96 valence electrons. The van der Waals surface area contributed by atoms with E-state index in [1.165, 1.54) is 5.56 Å². The van der Waals surface area contributed by atoms with E-state index in [9.17, 15) is 0 Å². The number of oxazole rings is 1. The molecule has 0 fully saturated rings. The van der Waals surface area contributed by atoms with Crippen LogP contribution in [0.25, 0.3) is 11.1 Å². The van der Waals surface area contributed by atoms with Crippen molar-refractivity contribution in [2.24, 2.45) is 0 Å². The van der Waals surface area contributed by atoms with Gasteiger partial charge in [0.2, 0.25) is 0 Å². The number of methoxy groups -OCH3 is 1. The van der Waals surface area contributed by atoms with Crippen LogP contribution in [0, 0.1) is 0 Å². The second kappa shape index (κ2) is 4.65. The van der Waals surface area contributed by atoms with Gasteiger partial charge in [-0.2, -0.15) is 4.98 Å². The lowest BCUT2D eigenvalue weighted by Gasteiger charge is -2.04. The van der Waals surface area contributed by atoms with Crippen LogP contribution in [0.15, 0.2) is 46.9 Å². The minimum atomic E-state index is 0.206. The van der Waals surface area contributed by atoms with Gasteiger partial charge in [-0.1, -0.05) is 24.3 Å². The van der Waals surface area contributed by atoms with E-state index in [-0.39, 0.29) is 6.01 Å². The van der Waals surface area contributed by atoms with Crippen molar-refractivity contribution in [3.8, 4) is 5.75 Å². The third-order valence-corrected chi connectivity index (χ3v) is 3.07. The van der Waals surface area contributed by atoms with E-state index in [1.807, 2.05) is 42.5 Å². The van der Waals surface area contributed by atoms with E-state index >= 15 is 0 Å². The van der Waals surface area contributed by atoms with Crippen LogP contribution >= 0.6 is 0 Å². The molecule has 0 spiro atoms. The van der Waals surface area contributed by atoms with Crippen molar-refractivity contribution in [3.63, 3.8) is 0 Å². The summed E-state index contributed by atoms with van der Waals surface area (Å²) < 4.78 is 10.5. The average Bonchev–Trinajstić information content (AvgIpc) is 2.81. The normalized spacial score (nSPS) is 10.8.